The van der Waals surface area contributed by atoms with Crippen LogP contribution < -0.4 is 0 Å². The van der Waals surface area contributed by atoms with Crippen LogP contribution in [-0.4, -0.2) is 4.98 Å². The molecule has 2 aromatic rings. The van der Waals surface area contributed by atoms with Gasteiger partial charge in [-0.2, -0.15) is 0 Å². The van der Waals surface area contributed by atoms with E-state index in [1.54, 1.807) is 0 Å². The third kappa shape index (κ3) is 1.18. The molecule has 0 N–H and O–H groups in total. The quantitative estimate of drug-likeness (QED) is 0.621. The lowest BCUT2D eigenvalue weighted by molar-refractivity contribution is 1.14. The van der Waals surface area contributed by atoms with Crippen LogP contribution in [0.4, 0.5) is 0 Å². The number of fused-ring (bicyclic) bond motifs is 1. The number of aryl methyl sites for hydroxylation is 1. The van der Waals surface area contributed by atoms with Gasteiger partial charge in [0.25, 0.3) is 0 Å². The van der Waals surface area contributed by atoms with E-state index in [0.717, 1.165) is 11.9 Å². The predicted octanol–water partition coefficient (Wildman–Crippen LogP) is 2.91. The van der Waals surface area contributed by atoms with Gasteiger partial charge in [0.1, 0.15) is 0 Å². The Kier molecular flexibility index (Phi) is 1.78. The first kappa shape index (κ1) is 7.29. The lowest BCUT2D eigenvalue weighted by Gasteiger charge is -1.98. The van der Waals surface area contributed by atoms with E-state index in [1.165, 1.54) is 10.9 Å². The lowest BCUT2D eigenvalue weighted by atomic mass is 10.1. The van der Waals surface area contributed by atoms with E-state index >= 15 is 0 Å². The summed E-state index contributed by atoms with van der Waals surface area (Å²) in [4.78, 5) is 4.26. The zero-order chi connectivity index (χ0) is 8.39. The van der Waals surface area contributed by atoms with Crippen molar-refractivity contribution in [3.05, 3.63) is 42.1 Å². The highest BCUT2D eigenvalue weighted by Gasteiger charge is 1.93. The molecule has 0 saturated heterocycles. The number of hydrogen-bond acceptors (Lipinski definition) is 1. The molecular formula is C11H12N+. The molecule has 0 atom stereocenters. The number of rotatable bonds is 1. The van der Waals surface area contributed by atoms with Gasteiger partial charge in [-0.25, -0.2) is 0 Å². The van der Waals surface area contributed by atoms with Crippen molar-refractivity contribution in [3.63, 3.8) is 0 Å². The molecule has 0 saturated carbocycles. The first-order valence-corrected chi connectivity index (χ1v) is 4.24. The maximum atomic E-state index is 4.26. The minimum absolute atomic E-state index is 0. The predicted molar refractivity (Wildman–Crippen MR) is 52.2 cm³/mol. The van der Waals surface area contributed by atoms with Gasteiger partial charge in [0.15, 0.2) is 0 Å². The van der Waals surface area contributed by atoms with E-state index in [1.807, 2.05) is 12.3 Å². The number of aromatic nitrogens is 1. The summed E-state index contributed by atoms with van der Waals surface area (Å²) in [5, 5.41) is 1.23. The van der Waals surface area contributed by atoms with Gasteiger partial charge in [0.2, 0.25) is 0 Å². The first-order valence-electron chi connectivity index (χ1n) is 4.24. The van der Waals surface area contributed by atoms with Crippen LogP contribution in [0.25, 0.3) is 10.9 Å². The highest BCUT2D eigenvalue weighted by atomic mass is 14.6. The fourth-order valence-electron chi connectivity index (χ4n) is 1.34. The van der Waals surface area contributed by atoms with Gasteiger partial charge in [0.05, 0.1) is 5.52 Å². The molecule has 1 aromatic heterocycles. The monoisotopic (exact) mass is 158 g/mol. The summed E-state index contributed by atoms with van der Waals surface area (Å²) >= 11 is 0. The third-order valence-corrected chi connectivity index (χ3v) is 2.08. The zero-order valence-corrected chi connectivity index (χ0v) is 7.12. The molecule has 0 bridgehead atoms. The maximum Gasteiger partial charge on any atom is 1.00 e. The maximum absolute atomic E-state index is 4.26. The van der Waals surface area contributed by atoms with Crippen LogP contribution in [0.3, 0.4) is 0 Å². The third-order valence-electron chi connectivity index (χ3n) is 2.08. The van der Waals surface area contributed by atoms with E-state index < -0.39 is 0 Å². The average Bonchev–Trinajstić information content (AvgIpc) is 2.17. The minimum Gasteiger partial charge on any atom is -0.256 e. The molecule has 1 heterocycles. The van der Waals surface area contributed by atoms with Crippen LogP contribution in [0, 0.1) is 0 Å². The van der Waals surface area contributed by atoms with E-state index in [-0.39, 0.29) is 1.43 Å². The van der Waals surface area contributed by atoms with Gasteiger partial charge >= 0.3 is 1.43 Å². The van der Waals surface area contributed by atoms with Crippen molar-refractivity contribution in [1.29, 1.82) is 0 Å². The van der Waals surface area contributed by atoms with Crippen LogP contribution in [0.1, 0.15) is 13.9 Å². The standard InChI is InChI=1S/C11H11N/c1-2-9-5-6-11-10(8-9)4-3-7-12-11/h3-8H,2H2,1H3/p+1. The summed E-state index contributed by atoms with van der Waals surface area (Å²) in [5.74, 6) is 0. The Hall–Kier alpha value is -1.37. The van der Waals surface area contributed by atoms with Crippen LogP contribution in [-0.2, 0) is 6.42 Å². The average molecular weight is 158 g/mol. The summed E-state index contributed by atoms with van der Waals surface area (Å²) < 4.78 is 0. The fraction of sp³-hybridized carbons (Fsp3) is 0.182. The van der Waals surface area contributed by atoms with E-state index in [0.29, 0.717) is 0 Å². The second-order valence-corrected chi connectivity index (χ2v) is 2.88. The van der Waals surface area contributed by atoms with Crippen LogP contribution in [0.2, 0.25) is 0 Å². The Balaban J connectivity index is 0.000000845. The highest BCUT2D eigenvalue weighted by molar-refractivity contribution is 5.78. The molecule has 60 valence electrons. The Morgan fingerprint density at radius 2 is 2.25 bits per heavy atom. The smallest absolute Gasteiger partial charge is 0.256 e. The molecule has 1 heteroatoms. The normalized spacial score (nSPS) is 10.4. The molecule has 1 nitrogen and oxygen atoms in total. The summed E-state index contributed by atoms with van der Waals surface area (Å²) in [7, 11) is 0. The molecule has 12 heavy (non-hydrogen) atoms. The zero-order valence-electron chi connectivity index (χ0n) is 8.12. The van der Waals surface area contributed by atoms with Gasteiger partial charge in [0, 0.05) is 11.6 Å². The van der Waals surface area contributed by atoms with Gasteiger partial charge < -0.3 is 0 Å². The molecule has 2 rings (SSSR count). The van der Waals surface area contributed by atoms with Crippen molar-refractivity contribution in [1.82, 2.24) is 4.98 Å². The minimum atomic E-state index is 0. The van der Waals surface area contributed by atoms with E-state index in [4.69, 9.17) is 0 Å². The van der Waals surface area contributed by atoms with Crippen molar-refractivity contribution >= 4 is 10.9 Å². The van der Waals surface area contributed by atoms with Crippen molar-refractivity contribution < 1.29 is 1.43 Å². The SMILES string of the molecule is CCc1ccc2ncccc2c1.[H+]. The summed E-state index contributed by atoms with van der Waals surface area (Å²) in [6, 6.07) is 10.5. The first-order chi connectivity index (χ1) is 5.90. The molecule has 0 amide bonds. The molecule has 0 radical (unpaired) electrons. The van der Waals surface area contributed by atoms with Crippen molar-refractivity contribution in [2.24, 2.45) is 0 Å². The van der Waals surface area contributed by atoms with Crippen LogP contribution in [0.15, 0.2) is 36.5 Å². The lowest BCUT2D eigenvalue weighted by Crippen LogP contribution is -1.81. The summed E-state index contributed by atoms with van der Waals surface area (Å²) in [6.45, 7) is 2.16. The number of pyridine rings is 1. The van der Waals surface area contributed by atoms with E-state index in [2.05, 4.69) is 36.2 Å². The van der Waals surface area contributed by atoms with Gasteiger partial charge in [-0.3, -0.25) is 4.98 Å². The largest absolute Gasteiger partial charge is 1.00 e. The number of hydrogen-bond donors (Lipinski definition) is 0. The second kappa shape index (κ2) is 2.94. The Labute approximate surface area is 73.5 Å². The van der Waals surface area contributed by atoms with E-state index in [9.17, 15) is 0 Å². The Morgan fingerprint density at radius 3 is 3.08 bits per heavy atom. The molecule has 0 aliphatic carbocycles. The number of benzene rings is 1. The molecule has 0 aliphatic heterocycles. The molecule has 0 spiro atoms. The Bertz CT molecular complexity index is 398. The molecule has 1 aromatic carbocycles. The fourth-order valence-corrected chi connectivity index (χ4v) is 1.34. The molecule has 0 aliphatic rings. The van der Waals surface area contributed by atoms with Crippen molar-refractivity contribution in [2.45, 2.75) is 13.3 Å². The van der Waals surface area contributed by atoms with Gasteiger partial charge in [-0.1, -0.05) is 19.1 Å². The summed E-state index contributed by atoms with van der Waals surface area (Å²) in [5.41, 5.74) is 2.45. The second-order valence-electron chi connectivity index (χ2n) is 2.88. The van der Waals surface area contributed by atoms with Crippen molar-refractivity contribution in [3.8, 4) is 0 Å². The number of nitrogens with zero attached hydrogens (tertiary/aromatic N) is 1. The van der Waals surface area contributed by atoms with Crippen molar-refractivity contribution in [2.75, 3.05) is 0 Å². The van der Waals surface area contributed by atoms with Gasteiger partial charge in [-0.05, 0) is 30.2 Å². The summed E-state index contributed by atoms with van der Waals surface area (Å²) in [6.07, 6.45) is 2.92. The van der Waals surface area contributed by atoms with Crippen LogP contribution >= 0.6 is 0 Å². The molecule has 0 fully saturated rings. The Morgan fingerprint density at radius 1 is 1.33 bits per heavy atom. The van der Waals surface area contributed by atoms with Crippen LogP contribution in [0.5, 0.6) is 0 Å². The highest BCUT2D eigenvalue weighted by Crippen LogP contribution is 2.13. The molecular weight excluding hydrogens is 146 g/mol. The molecule has 0 unspecified atom stereocenters. The van der Waals surface area contributed by atoms with Gasteiger partial charge in [-0.15, -0.1) is 0 Å². The topological polar surface area (TPSA) is 12.9 Å².